The van der Waals surface area contributed by atoms with Crippen LogP contribution in [0, 0.1) is 5.92 Å². The normalized spacial score (nSPS) is 15.1. The molecule has 2 unspecified atom stereocenters. The zero-order chi connectivity index (χ0) is 12.6. The third-order valence-corrected chi connectivity index (χ3v) is 2.39. The van der Waals surface area contributed by atoms with Crippen molar-refractivity contribution in [1.82, 2.24) is 5.32 Å². The molecule has 0 bridgehead atoms. The number of hydrogen-bond donors (Lipinski definition) is 1. The number of likely N-dealkylation sites (N-methyl/N-ethyl adjacent to an activating group) is 1. The maximum atomic E-state index is 11.2. The van der Waals surface area contributed by atoms with Gasteiger partial charge in [0.15, 0.2) is 0 Å². The SMILES string of the molecule is CNC(=O)C=C(OC)C(C)C(CC=O)OC. The summed E-state index contributed by atoms with van der Waals surface area (Å²) in [4.78, 5) is 21.6. The Bertz CT molecular complexity index is 263. The molecule has 0 aromatic carbocycles. The van der Waals surface area contributed by atoms with E-state index < -0.39 is 0 Å². The van der Waals surface area contributed by atoms with Crippen LogP contribution in [-0.4, -0.2) is 39.6 Å². The number of carbonyl (C=O) groups excluding carboxylic acids is 2. The lowest BCUT2D eigenvalue weighted by molar-refractivity contribution is -0.116. The fourth-order valence-electron chi connectivity index (χ4n) is 1.36. The van der Waals surface area contributed by atoms with Crippen LogP contribution >= 0.6 is 0 Å². The number of methoxy groups -OCH3 is 2. The first-order valence-corrected chi connectivity index (χ1v) is 5.04. The summed E-state index contributed by atoms with van der Waals surface area (Å²) in [5, 5.41) is 2.47. The van der Waals surface area contributed by atoms with Crippen LogP contribution < -0.4 is 5.32 Å². The molecule has 16 heavy (non-hydrogen) atoms. The highest BCUT2D eigenvalue weighted by Gasteiger charge is 2.21. The molecule has 0 aliphatic heterocycles. The summed E-state index contributed by atoms with van der Waals surface area (Å²) in [5.41, 5.74) is 0. The molecule has 0 aliphatic carbocycles. The highest BCUT2D eigenvalue weighted by Crippen LogP contribution is 2.19. The zero-order valence-corrected chi connectivity index (χ0v) is 10.1. The quantitative estimate of drug-likeness (QED) is 0.392. The Morgan fingerprint density at radius 2 is 2.06 bits per heavy atom. The summed E-state index contributed by atoms with van der Waals surface area (Å²) in [6.07, 6.45) is 2.14. The van der Waals surface area contributed by atoms with Crippen molar-refractivity contribution in [3.63, 3.8) is 0 Å². The molecule has 5 nitrogen and oxygen atoms in total. The van der Waals surface area contributed by atoms with Gasteiger partial charge in [-0.25, -0.2) is 0 Å². The van der Waals surface area contributed by atoms with Gasteiger partial charge in [-0.1, -0.05) is 6.92 Å². The maximum absolute atomic E-state index is 11.2. The second-order valence-electron chi connectivity index (χ2n) is 3.33. The van der Waals surface area contributed by atoms with Crippen LogP contribution in [0.15, 0.2) is 11.8 Å². The molecule has 1 N–H and O–H groups in total. The van der Waals surface area contributed by atoms with Crippen molar-refractivity contribution in [1.29, 1.82) is 0 Å². The van der Waals surface area contributed by atoms with Crippen molar-refractivity contribution in [2.45, 2.75) is 19.4 Å². The largest absolute Gasteiger partial charge is 0.501 e. The van der Waals surface area contributed by atoms with Gasteiger partial charge < -0.3 is 19.6 Å². The third kappa shape index (κ3) is 4.44. The van der Waals surface area contributed by atoms with E-state index in [1.54, 1.807) is 0 Å². The Balaban J connectivity index is 4.73. The number of aldehydes is 1. The fraction of sp³-hybridized carbons (Fsp3) is 0.636. The van der Waals surface area contributed by atoms with Crippen LogP contribution in [0.2, 0.25) is 0 Å². The molecule has 0 radical (unpaired) electrons. The van der Waals surface area contributed by atoms with Gasteiger partial charge in [-0.2, -0.15) is 0 Å². The van der Waals surface area contributed by atoms with E-state index in [4.69, 9.17) is 9.47 Å². The first-order valence-electron chi connectivity index (χ1n) is 5.04. The fourth-order valence-corrected chi connectivity index (χ4v) is 1.36. The standard InChI is InChI=1S/C11H19NO4/c1-8(9(15-3)5-6-13)10(16-4)7-11(14)12-2/h6-9H,5H2,1-4H3,(H,12,14). The van der Waals surface area contributed by atoms with Crippen LogP contribution in [-0.2, 0) is 19.1 Å². The van der Waals surface area contributed by atoms with Gasteiger partial charge in [0.1, 0.15) is 12.0 Å². The van der Waals surface area contributed by atoms with E-state index in [1.807, 2.05) is 6.92 Å². The first kappa shape index (κ1) is 14.6. The van der Waals surface area contributed by atoms with Crippen molar-refractivity contribution in [3.8, 4) is 0 Å². The maximum Gasteiger partial charge on any atom is 0.247 e. The summed E-state index contributed by atoms with van der Waals surface area (Å²) < 4.78 is 10.3. The van der Waals surface area contributed by atoms with Gasteiger partial charge in [-0.15, -0.1) is 0 Å². The third-order valence-electron chi connectivity index (χ3n) is 2.39. The Labute approximate surface area is 95.8 Å². The molecule has 2 atom stereocenters. The lowest BCUT2D eigenvalue weighted by atomic mass is 9.99. The Morgan fingerprint density at radius 3 is 2.44 bits per heavy atom. The van der Waals surface area contributed by atoms with E-state index in [0.717, 1.165) is 6.29 Å². The van der Waals surface area contributed by atoms with Crippen molar-refractivity contribution >= 4 is 12.2 Å². The van der Waals surface area contributed by atoms with Crippen LogP contribution in [0.5, 0.6) is 0 Å². The number of nitrogens with one attached hydrogen (secondary N) is 1. The van der Waals surface area contributed by atoms with Gasteiger partial charge in [0.2, 0.25) is 5.91 Å². The van der Waals surface area contributed by atoms with Crippen LogP contribution in [0.1, 0.15) is 13.3 Å². The Kier molecular flexibility index (Phi) is 7.20. The second-order valence-corrected chi connectivity index (χ2v) is 3.33. The van der Waals surface area contributed by atoms with Gasteiger partial charge in [-0.3, -0.25) is 4.79 Å². The molecule has 0 fully saturated rings. The number of hydrogen-bond acceptors (Lipinski definition) is 4. The van der Waals surface area contributed by atoms with Gasteiger partial charge in [0, 0.05) is 32.6 Å². The van der Waals surface area contributed by atoms with Crippen molar-refractivity contribution in [2.24, 2.45) is 5.92 Å². The van der Waals surface area contributed by atoms with Gasteiger partial charge in [0.25, 0.3) is 0 Å². The van der Waals surface area contributed by atoms with Crippen LogP contribution in [0.25, 0.3) is 0 Å². The van der Waals surface area contributed by atoms with E-state index in [1.165, 1.54) is 27.3 Å². The topological polar surface area (TPSA) is 64.6 Å². The van der Waals surface area contributed by atoms with Gasteiger partial charge in [-0.05, 0) is 0 Å². The molecule has 0 aromatic rings. The highest BCUT2D eigenvalue weighted by molar-refractivity contribution is 5.87. The molecular weight excluding hydrogens is 210 g/mol. The lowest BCUT2D eigenvalue weighted by Crippen LogP contribution is -2.25. The molecule has 92 valence electrons. The minimum Gasteiger partial charge on any atom is -0.501 e. The number of carbonyl (C=O) groups is 2. The van der Waals surface area contributed by atoms with Crippen LogP contribution in [0.4, 0.5) is 0 Å². The molecule has 5 heteroatoms. The number of amides is 1. The molecule has 0 spiro atoms. The average molecular weight is 229 g/mol. The molecule has 0 aliphatic rings. The minimum absolute atomic E-state index is 0.155. The molecule has 0 saturated carbocycles. The van der Waals surface area contributed by atoms with E-state index in [0.29, 0.717) is 5.76 Å². The van der Waals surface area contributed by atoms with Gasteiger partial charge in [0.05, 0.1) is 13.2 Å². The predicted octanol–water partition coefficient (Wildman–Crippen LogP) is 0.503. The van der Waals surface area contributed by atoms with E-state index in [9.17, 15) is 9.59 Å². The molecule has 0 rings (SSSR count). The zero-order valence-electron chi connectivity index (χ0n) is 10.1. The van der Waals surface area contributed by atoms with Crippen molar-refractivity contribution in [2.75, 3.05) is 21.3 Å². The molecule has 0 heterocycles. The van der Waals surface area contributed by atoms with Crippen molar-refractivity contribution < 1.29 is 19.1 Å². The summed E-state index contributed by atoms with van der Waals surface area (Å²) in [6, 6.07) is 0. The van der Waals surface area contributed by atoms with E-state index in [2.05, 4.69) is 5.32 Å². The molecule has 1 amide bonds. The predicted molar refractivity (Wildman–Crippen MR) is 59.8 cm³/mol. The number of ether oxygens (including phenoxy) is 2. The molecule has 0 aromatic heterocycles. The van der Waals surface area contributed by atoms with Gasteiger partial charge >= 0.3 is 0 Å². The van der Waals surface area contributed by atoms with E-state index in [-0.39, 0.29) is 24.3 Å². The lowest BCUT2D eigenvalue weighted by Gasteiger charge is -2.22. The monoisotopic (exact) mass is 229 g/mol. The Morgan fingerprint density at radius 1 is 1.44 bits per heavy atom. The second kappa shape index (κ2) is 7.87. The highest BCUT2D eigenvalue weighted by atomic mass is 16.5. The summed E-state index contributed by atoms with van der Waals surface area (Å²) in [5.74, 6) is 0.0928. The smallest absolute Gasteiger partial charge is 0.247 e. The minimum atomic E-state index is -0.284. The summed E-state index contributed by atoms with van der Waals surface area (Å²) >= 11 is 0. The van der Waals surface area contributed by atoms with E-state index >= 15 is 0 Å². The summed E-state index contributed by atoms with van der Waals surface area (Å²) in [6.45, 7) is 1.84. The number of rotatable bonds is 7. The Hall–Kier alpha value is -1.36. The summed E-state index contributed by atoms with van der Waals surface area (Å²) in [7, 11) is 4.55. The van der Waals surface area contributed by atoms with Crippen LogP contribution in [0.3, 0.4) is 0 Å². The average Bonchev–Trinajstić information content (AvgIpc) is 2.31. The molecule has 0 saturated heterocycles. The molecular formula is C11H19NO4. The van der Waals surface area contributed by atoms with Crippen molar-refractivity contribution in [3.05, 3.63) is 11.8 Å². The first-order chi connectivity index (χ1) is 7.60.